The minimum absolute atomic E-state index is 0.781. The lowest BCUT2D eigenvalue weighted by molar-refractivity contribution is 0.144. The van der Waals surface area contributed by atoms with Crippen molar-refractivity contribution < 1.29 is 0 Å². The topological polar surface area (TPSA) is 28.2 Å². The molecule has 3 rings (SSSR count). The number of hydrogen-bond donors (Lipinski definition) is 1. The largest absolute Gasteiger partial charge is 0.317 e. The summed E-state index contributed by atoms with van der Waals surface area (Å²) in [5, 5.41) is 3.45. The van der Waals surface area contributed by atoms with Crippen LogP contribution in [0.2, 0.25) is 0 Å². The first-order chi connectivity index (χ1) is 8.43. The van der Waals surface area contributed by atoms with Crippen LogP contribution in [-0.4, -0.2) is 35.1 Å². The molecule has 1 saturated heterocycles. The summed E-state index contributed by atoms with van der Waals surface area (Å²) in [6.07, 6.45) is 9.26. The van der Waals surface area contributed by atoms with Crippen molar-refractivity contribution in [3.05, 3.63) is 30.1 Å². The highest BCUT2D eigenvalue weighted by Gasteiger charge is 2.34. The lowest BCUT2D eigenvalue weighted by atomic mass is 10.0. The van der Waals surface area contributed by atoms with Crippen LogP contribution in [-0.2, 0) is 6.54 Å². The highest BCUT2D eigenvalue weighted by Crippen LogP contribution is 2.32. The van der Waals surface area contributed by atoms with Crippen molar-refractivity contribution in [1.29, 1.82) is 0 Å². The molecule has 0 unspecified atom stereocenters. The quantitative estimate of drug-likeness (QED) is 0.856. The minimum Gasteiger partial charge on any atom is -0.317 e. The Bertz CT molecular complexity index is 342. The van der Waals surface area contributed by atoms with Gasteiger partial charge in [0.15, 0.2) is 0 Å². The molecule has 2 aliphatic rings. The summed E-state index contributed by atoms with van der Waals surface area (Å²) in [5.74, 6) is 0. The van der Waals surface area contributed by atoms with E-state index in [4.69, 9.17) is 0 Å². The van der Waals surface area contributed by atoms with Crippen LogP contribution in [0.4, 0.5) is 0 Å². The fourth-order valence-electron chi connectivity index (χ4n) is 2.80. The number of rotatable bonds is 4. The normalized spacial score (nSPS) is 21.9. The number of nitrogens with one attached hydrogen (secondary N) is 1. The molecule has 17 heavy (non-hydrogen) atoms. The van der Waals surface area contributed by atoms with Crippen LogP contribution >= 0.6 is 0 Å². The molecule has 0 radical (unpaired) electrons. The van der Waals surface area contributed by atoms with Crippen LogP contribution in [0, 0.1) is 0 Å². The van der Waals surface area contributed by atoms with Gasteiger partial charge in [-0.1, -0.05) is 6.07 Å². The van der Waals surface area contributed by atoms with Crippen LogP contribution in [0.15, 0.2) is 24.5 Å². The Hall–Kier alpha value is -0.930. The molecule has 1 aromatic heterocycles. The molecular formula is C14H21N3. The fourth-order valence-corrected chi connectivity index (χ4v) is 2.80. The zero-order chi connectivity index (χ0) is 11.5. The van der Waals surface area contributed by atoms with E-state index in [9.17, 15) is 0 Å². The second-order valence-corrected chi connectivity index (χ2v) is 5.25. The zero-order valence-electron chi connectivity index (χ0n) is 10.3. The van der Waals surface area contributed by atoms with Gasteiger partial charge in [0.2, 0.25) is 0 Å². The summed E-state index contributed by atoms with van der Waals surface area (Å²) >= 11 is 0. The molecule has 0 bridgehead atoms. The number of aromatic nitrogens is 1. The van der Waals surface area contributed by atoms with Gasteiger partial charge < -0.3 is 5.32 Å². The van der Waals surface area contributed by atoms with Crippen molar-refractivity contribution in [3.63, 3.8) is 0 Å². The van der Waals surface area contributed by atoms with Crippen molar-refractivity contribution >= 4 is 0 Å². The maximum atomic E-state index is 4.22. The number of piperidine rings is 1. The van der Waals surface area contributed by atoms with Gasteiger partial charge >= 0.3 is 0 Å². The molecule has 92 valence electrons. The predicted molar refractivity (Wildman–Crippen MR) is 68.7 cm³/mol. The molecule has 1 aliphatic heterocycles. The summed E-state index contributed by atoms with van der Waals surface area (Å²) in [6.45, 7) is 3.45. The van der Waals surface area contributed by atoms with E-state index in [1.54, 1.807) is 0 Å². The molecule has 3 nitrogen and oxygen atoms in total. The third kappa shape index (κ3) is 2.85. The first kappa shape index (κ1) is 11.2. The Balaban J connectivity index is 1.67. The summed E-state index contributed by atoms with van der Waals surface area (Å²) in [5.41, 5.74) is 1.36. The molecule has 0 atom stereocenters. The van der Waals surface area contributed by atoms with E-state index in [0.717, 1.165) is 18.6 Å². The average Bonchev–Trinajstić information content (AvgIpc) is 3.23. The maximum Gasteiger partial charge on any atom is 0.0312 e. The third-order valence-electron chi connectivity index (χ3n) is 3.88. The van der Waals surface area contributed by atoms with Crippen molar-refractivity contribution in [2.75, 3.05) is 13.1 Å². The second kappa shape index (κ2) is 5.15. The Morgan fingerprint density at radius 2 is 1.94 bits per heavy atom. The lowest BCUT2D eigenvalue weighted by Crippen LogP contribution is -2.43. The lowest BCUT2D eigenvalue weighted by Gasteiger charge is -2.34. The van der Waals surface area contributed by atoms with E-state index in [-0.39, 0.29) is 0 Å². The molecule has 0 aromatic carbocycles. The van der Waals surface area contributed by atoms with Gasteiger partial charge in [0, 0.05) is 31.0 Å². The van der Waals surface area contributed by atoms with Crippen LogP contribution in [0.5, 0.6) is 0 Å². The standard InChI is InChI=1S/C14H21N3/c1-2-12(10-16-7-1)11-17(13-3-4-13)14-5-8-15-9-6-14/h1-2,7,10,13-15H,3-6,8-9,11H2. The molecule has 1 aromatic rings. The Labute approximate surface area is 103 Å². The van der Waals surface area contributed by atoms with Gasteiger partial charge in [-0.25, -0.2) is 0 Å². The summed E-state index contributed by atoms with van der Waals surface area (Å²) in [6, 6.07) is 5.87. The summed E-state index contributed by atoms with van der Waals surface area (Å²) < 4.78 is 0. The molecule has 1 N–H and O–H groups in total. The van der Waals surface area contributed by atoms with E-state index >= 15 is 0 Å². The second-order valence-electron chi connectivity index (χ2n) is 5.25. The van der Waals surface area contributed by atoms with Gasteiger partial charge in [-0.15, -0.1) is 0 Å². The van der Waals surface area contributed by atoms with Gasteiger partial charge in [0.05, 0.1) is 0 Å². The number of nitrogens with zero attached hydrogens (tertiary/aromatic N) is 2. The van der Waals surface area contributed by atoms with Crippen molar-refractivity contribution in [2.45, 2.75) is 44.3 Å². The Kier molecular flexibility index (Phi) is 3.39. The highest BCUT2D eigenvalue weighted by molar-refractivity contribution is 5.09. The first-order valence-electron chi connectivity index (χ1n) is 6.79. The summed E-state index contributed by atoms with van der Waals surface area (Å²) in [4.78, 5) is 6.94. The van der Waals surface area contributed by atoms with Gasteiger partial charge in [-0.3, -0.25) is 9.88 Å². The van der Waals surface area contributed by atoms with Crippen LogP contribution in [0.25, 0.3) is 0 Å². The average molecular weight is 231 g/mol. The molecule has 0 spiro atoms. The SMILES string of the molecule is c1cncc(CN(C2CCNCC2)C2CC2)c1. The molecule has 2 heterocycles. The van der Waals surface area contributed by atoms with E-state index in [0.29, 0.717) is 0 Å². The van der Waals surface area contributed by atoms with Gasteiger partial charge in [-0.05, 0) is 50.4 Å². The third-order valence-corrected chi connectivity index (χ3v) is 3.88. The van der Waals surface area contributed by atoms with Gasteiger partial charge in [0.25, 0.3) is 0 Å². The zero-order valence-corrected chi connectivity index (χ0v) is 10.3. The van der Waals surface area contributed by atoms with E-state index in [1.807, 2.05) is 18.5 Å². The minimum atomic E-state index is 0.781. The van der Waals surface area contributed by atoms with Crippen molar-refractivity contribution in [2.24, 2.45) is 0 Å². The van der Waals surface area contributed by atoms with Crippen LogP contribution in [0.3, 0.4) is 0 Å². The number of pyridine rings is 1. The summed E-state index contributed by atoms with van der Waals surface area (Å²) in [7, 11) is 0. The molecule has 1 saturated carbocycles. The molecule has 3 heteroatoms. The smallest absolute Gasteiger partial charge is 0.0312 e. The van der Waals surface area contributed by atoms with E-state index < -0.39 is 0 Å². The molecule has 1 aliphatic carbocycles. The van der Waals surface area contributed by atoms with Crippen LogP contribution in [0.1, 0.15) is 31.2 Å². The van der Waals surface area contributed by atoms with Crippen molar-refractivity contribution in [3.8, 4) is 0 Å². The maximum absolute atomic E-state index is 4.22. The predicted octanol–water partition coefficient (Wildman–Crippen LogP) is 1.80. The van der Waals surface area contributed by atoms with Gasteiger partial charge in [-0.2, -0.15) is 0 Å². The molecular weight excluding hydrogens is 210 g/mol. The highest BCUT2D eigenvalue weighted by atomic mass is 15.2. The Morgan fingerprint density at radius 3 is 2.59 bits per heavy atom. The van der Waals surface area contributed by atoms with Crippen molar-refractivity contribution in [1.82, 2.24) is 15.2 Å². The van der Waals surface area contributed by atoms with Gasteiger partial charge in [0.1, 0.15) is 0 Å². The van der Waals surface area contributed by atoms with E-state index in [2.05, 4.69) is 21.3 Å². The first-order valence-corrected chi connectivity index (χ1v) is 6.79. The van der Waals surface area contributed by atoms with Crippen LogP contribution < -0.4 is 5.32 Å². The van der Waals surface area contributed by atoms with E-state index in [1.165, 1.54) is 44.3 Å². The molecule has 2 fully saturated rings. The fraction of sp³-hybridized carbons (Fsp3) is 0.643. The monoisotopic (exact) mass is 231 g/mol. The number of hydrogen-bond acceptors (Lipinski definition) is 3. The Morgan fingerprint density at radius 1 is 1.18 bits per heavy atom. The molecule has 0 amide bonds.